The first-order chi connectivity index (χ1) is 12.6. The molecule has 3 rings (SSSR count). The van der Waals surface area contributed by atoms with Crippen molar-refractivity contribution >= 4 is 0 Å². The van der Waals surface area contributed by atoms with Gasteiger partial charge in [-0.3, -0.25) is 0 Å². The van der Waals surface area contributed by atoms with Crippen LogP contribution in [-0.2, 0) is 25.6 Å². The Morgan fingerprint density at radius 2 is 2.08 bits per heavy atom. The van der Waals surface area contributed by atoms with E-state index in [0.717, 1.165) is 18.4 Å². The molecule has 26 heavy (non-hydrogen) atoms. The van der Waals surface area contributed by atoms with Crippen molar-refractivity contribution in [1.29, 1.82) is 0 Å². The van der Waals surface area contributed by atoms with E-state index in [1.807, 2.05) is 56.3 Å². The quantitative estimate of drug-likeness (QED) is 0.230. The van der Waals surface area contributed by atoms with E-state index < -0.39 is 12.1 Å². The zero-order valence-electron chi connectivity index (χ0n) is 15.2. The number of rotatable bonds is 8. The van der Waals surface area contributed by atoms with Crippen molar-refractivity contribution in [2.45, 2.75) is 63.7 Å². The molecule has 2 saturated heterocycles. The summed E-state index contributed by atoms with van der Waals surface area (Å²) in [5.41, 5.74) is 9.40. The highest BCUT2D eigenvalue weighted by Crippen LogP contribution is 2.39. The number of ether oxygens (including phenoxy) is 4. The molecule has 4 atom stereocenters. The Kier molecular flexibility index (Phi) is 6.29. The molecule has 2 aliphatic heterocycles. The maximum Gasteiger partial charge on any atom is 0.190 e. The van der Waals surface area contributed by atoms with E-state index in [1.54, 1.807) is 0 Å². The Morgan fingerprint density at radius 3 is 2.85 bits per heavy atom. The first kappa shape index (κ1) is 18.9. The lowest BCUT2D eigenvalue weighted by atomic mass is 10.1. The Morgan fingerprint density at radius 1 is 1.27 bits per heavy atom. The van der Waals surface area contributed by atoms with Crippen LogP contribution in [0, 0.1) is 0 Å². The van der Waals surface area contributed by atoms with E-state index >= 15 is 0 Å². The highest BCUT2D eigenvalue weighted by molar-refractivity contribution is 5.14. The zero-order valence-corrected chi connectivity index (χ0v) is 15.2. The van der Waals surface area contributed by atoms with Crippen LogP contribution < -0.4 is 0 Å². The van der Waals surface area contributed by atoms with Crippen molar-refractivity contribution in [3.8, 4) is 0 Å². The first-order valence-electron chi connectivity index (χ1n) is 8.93. The average Bonchev–Trinajstić information content (AvgIpc) is 3.08. The Balaban J connectivity index is 1.61. The molecular weight excluding hydrogens is 334 g/mol. The topological polar surface area (TPSA) is 85.7 Å². The minimum atomic E-state index is -0.673. The summed E-state index contributed by atoms with van der Waals surface area (Å²) in [4.78, 5) is 2.75. The molecule has 0 N–H and O–H groups in total. The maximum absolute atomic E-state index is 8.29. The number of benzene rings is 1. The summed E-state index contributed by atoms with van der Waals surface area (Å²) in [6.07, 6.45) is 4.48. The van der Waals surface area contributed by atoms with Crippen LogP contribution in [0.4, 0.5) is 0 Å². The van der Waals surface area contributed by atoms with Gasteiger partial charge in [-0.25, -0.2) is 0 Å². The smallest absolute Gasteiger partial charge is 0.190 e. The molecule has 0 amide bonds. The van der Waals surface area contributed by atoms with Gasteiger partial charge in [0.15, 0.2) is 12.1 Å². The number of allylic oxidation sites excluding steroid dienone is 1. The highest BCUT2D eigenvalue weighted by Gasteiger charge is 2.54. The maximum atomic E-state index is 8.29. The van der Waals surface area contributed by atoms with Crippen molar-refractivity contribution < 1.29 is 18.9 Å². The average molecular weight is 359 g/mol. The summed E-state index contributed by atoms with van der Waals surface area (Å²) >= 11 is 0. The number of hydrogen-bond acceptors (Lipinski definition) is 5. The van der Waals surface area contributed by atoms with Gasteiger partial charge in [0.1, 0.15) is 18.3 Å². The summed E-state index contributed by atoms with van der Waals surface area (Å²) in [5, 5.41) is 3.53. The van der Waals surface area contributed by atoms with Crippen LogP contribution in [0.25, 0.3) is 10.4 Å². The molecule has 7 nitrogen and oxygen atoms in total. The van der Waals surface area contributed by atoms with Gasteiger partial charge in [-0.05, 0) is 37.8 Å². The zero-order chi connectivity index (χ0) is 18.4. The largest absolute Gasteiger partial charge is 0.368 e. The van der Waals surface area contributed by atoms with Crippen LogP contribution >= 0.6 is 0 Å². The van der Waals surface area contributed by atoms with Crippen molar-refractivity contribution in [1.82, 2.24) is 0 Å². The number of unbranched alkanes of at least 4 members (excludes halogenated alkanes) is 1. The molecule has 1 aromatic carbocycles. The third-order valence-electron chi connectivity index (χ3n) is 4.33. The predicted molar refractivity (Wildman–Crippen MR) is 96.1 cm³/mol. The molecule has 140 valence electrons. The predicted octanol–water partition coefficient (Wildman–Crippen LogP) is 4.09. The molecule has 2 fully saturated rings. The van der Waals surface area contributed by atoms with E-state index in [0.29, 0.717) is 13.2 Å². The van der Waals surface area contributed by atoms with Crippen LogP contribution in [-0.4, -0.2) is 36.9 Å². The van der Waals surface area contributed by atoms with Crippen molar-refractivity contribution in [2.24, 2.45) is 5.11 Å². The summed E-state index contributed by atoms with van der Waals surface area (Å²) in [6.45, 7) is 4.74. The van der Waals surface area contributed by atoms with Gasteiger partial charge in [-0.15, -0.1) is 0 Å². The molecule has 2 aliphatic rings. The molecule has 0 bridgehead atoms. The third-order valence-corrected chi connectivity index (χ3v) is 4.33. The van der Waals surface area contributed by atoms with Gasteiger partial charge >= 0.3 is 0 Å². The second-order valence-corrected chi connectivity index (χ2v) is 6.86. The molecule has 0 saturated carbocycles. The first-order valence-corrected chi connectivity index (χ1v) is 8.93. The van der Waals surface area contributed by atoms with E-state index in [-0.39, 0.29) is 18.3 Å². The SMILES string of the molecule is CC1(C)O[C@H]2O[C@H](/C=C/CCCN=[N+]=[N-])[C@H](OCc3ccccc3)[C@H]2O1. The van der Waals surface area contributed by atoms with Crippen LogP contribution in [0.3, 0.4) is 0 Å². The van der Waals surface area contributed by atoms with Crippen LogP contribution in [0.5, 0.6) is 0 Å². The highest BCUT2D eigenvalue weighted by atomic mass is 16.8. The summed E-state index contributed by atoms with van der Waals surface area (Å²) < 4.78 is 24.0. The summed E-state index contributed by atoms with van der Waals surface area (Å²) in [5.74, 6) is -0.673. The molecule has 2 heterocycles. The molecular formula is C19H25N3O4. The third kappa shape index (κ3) is 4.84. The Bertz CT molecular complexity index is 658. The fourth-order valence-electron chi connectivity index (χ4n) is 3.17. The Labute approximate surface area is 153 Å². The van der Waals surface area contributed by atoms with Gasteiger partial charge in [0, 0.05) is 11.5 Å². The minimum absolute atomic E-state index is 0.232. The molecule has 0 unspecified atom stereocenters. The summed E-state index contributed by atoms with van der Waals surface area (Å²) in [7, 11) is 0. The van der Waals surface area contributed by atoms with E-state index in [1.165, 1.54) is 0 Å². The standard InChI is InChI=1S/C19H25N3O4/c1-19(2)25-17-16(23-13-14-9-5-3-6-10-14)15(24-18(17)26-19)11-7-4-8-12-21-22-20/h3,5-7,9-11,15-18H,4,8,12-13H2,1-2H3/b11-7+/t15-,16+,17-,18-/m1/s1. The van der Waals surface area contributed by atoms with Crippen molar-refractivity contribution in [3.63, 3.8) is 0 Å². The Hall–Kier alpha value is -1.89. The second kappa shape index (κ2) is 8.66. The van der Waals surface area contributed by atoms with Gasteiger partial charge in [-0.2, -0.15) is 0 Å². The monoisotopic (exact) mass is 359 g/mol. The fraction of sp³-hybridized carbons (Fsp3) is 0.579. The van der Waals surface area contributed by atoms with E-state index in [2.05, 4.69) is 10.0 Å². The second-order valence-electron chi connectivity index (χ2n) is 6.86. The van der Waals surface area contributed by atoms with Crippen LogP contribution in [0.15, 0.2) is 47.6 Å². The molecule has 7 heteroatoms. The minimum Gasteiger partial charge on any atom is -0.368 e. The van der Waals surface area contributed by atoms with Gasteiger partial charge < -0.3 is 18.9 Å². The summed E-state index contributed by atoms with van der Waals surface area (Å²) in [6, 6.07) is 10.0. The van der Waals surface area contributed by atoms with Gasteiger partial charge in [0.25, 0.3) is 0 Å². The number of azide groups is 1. The number of hydrogen-bond donors (Lipinski definition) is 0. The molecule has 0 aliphatic carbocycles. The number of fused-ring (bicyclic) bond motifs is 1. The van der Waals surface area contributed by atoms with Crippen LogP contribution in [0.2, 0.25) is 0 Å². The fourth-order valence-corrected chi connectivity index (χ4v) is 3.17. The van der Waals surface area contributed by atoms with Crippen molar-refractivity contribution in [3.05, 3.63) is 58.5 Å². The lowest BCUT2D eigenvalue weighted by Gasteiger charge is -2.24. The molecule has 0 spiro atoms. The van der Waals surface area contributed by atoms with Crippen molar-refractivity contribution in [2.75, 3.05) is 6.54 Å². The van der Waals surface area contributed by atoms with E-state index in [4.69, 9.17) is 24.5 Å². The molecule has 0 radical (unpaired) electrons. The van der Waals surface area contributed by atoms with Gasteiger partial charge in [0.05, 0.1) is 6.61 Å². The van der Waals surface area contributed by atoms with Crippen LogP contribution in [0.1, 0.15) is 32.3 Å². The normalized spacial score (nSPS) is 29.6. The van der Waals surface area contributed by atoms with Gasteiger partial charge in [0.2, 0.25) is 0 Å². The lowest BCUT2D eigenvalue weighted by Crippen LogP contribution is -2.36. The molecule has 0 aromatic heterocycles. The van der Waals surface area contributed by atoms with Gasteiger partial charge in [-0.1, -0.05) is 47.6 Å². The lowest BCUT2D eigenvalue weighted by molar-refractivity contribution is -0.213. The molecule has 1 aromatic rings. The van der Waals surface area contributed by atoms with E-state index in [9.17, 15) is 0 Å². The number of nitrogens with zero attached hydrogens (tertiary/aromatic N) is 3.